The number of hydrogen-bond acceptors (Lipinski definition) is 10. The molecular formula is C21H27NO8S. The van der Waals surface area contributed by atoms with Gasteiger partial charge in [-0.1, -0.05) is 17.8 Å². The van der Waals surface area contributed by atoms with E-state index in [2.05, 4.69) is 11.7 Å². The fourth-order valence-corrected chi connectivity index (χ4v) is 4.28. The maximum atomic E-state index is 11.8. The Bertz CT molecular complexity index is 801. The summed E-state index contributed by atoms with van der Waals surface area (Å²) in [5.41, 5.74) is -0.733. The monoisotopic (exact) mass is 453 g/mol. The fourth-order valence-electron chi connectivity index (χ4n) is 3.12. The third-order valence-electron chi connectivity index (χ3n) is 4.25. The zero-order valence-electron chi connectivity index (χ0n) is 17.9. The van der Waals surface area contributed by atoms with Crippen LogP contribution in [-0.2, 0) is 33.3 Å². The number of esters is 3. The van der Waals surface area contributed by atoms with Crippen LogP contribution in [0.4, 0.5) is 0 Å². The standard InChI is InChI=1S/C21H27NO8S/c1-6-26-15-8-7-9-16(10-15)31-21-20(29-14(4)25)18(22-5)19(28-13(3)24)17(30-21)11-27-12(2)23/h7-10,17-21H,5-6,11H2,1-4H3/t17?,18?,19-,20?,21+/m0/s1. The van der Waals surface area contributed by atoms with Gasteiger partial charge in [0.15, 0.2) is 12.2 Å². The van der Waals surface area contributed by atoms with Gasteiger partial charge in [0.25, 0.3) is 0 Å². The molecule has 1 aromatic rings. The minimum atomic E-state index is -0.953. The first-order valence-corrected chi connectivity index (χ1v) is 10.6. The van der Waals surface area contributed by atoms with Gasteiger partial charge in [-0.2, -0.15) is 0 Å². The first kappa shape index (κ1) is 24.7. The summed E-state index contributed by atoms with van der Waals surface area (Å²) < 4.78 is 27.6. The summed E-state index contributed by atoms with van der Waals surface area (Å²) in [6, 6.07) is 6.52. The predicted octanol–water partition coefficient (Wildman–Crippen LogP) is 2.40. The van der Waals surface area contributed by atoms with Crippen LogP contribution in [0.3, 0.4) is 0 Å². The van der Waals surface area contributed by atoms with E-state index in [1.807, 2.05) is 31.2 Å². The third-order valence-corrected chi connectivity index (χ3v) is 5.39. The van der Waals surface area contributed by atoms with E-state index < -0.39 is 47.7 Å². The Morgan fingerprint density at radius 3 is 2.35 bits per heavy atom. The van der Waals surface area contributed by atoms with Gasteiger partial charge in [-0.25, -0.2) is 0 Å². The van der Waals surface area contributed by atoms with Crippen LogP contribution in [-0.4, -0.2) is 67.6 Å². The number of thioether (sulfide) groups is 1. The van der Waals surface area contributed by atoms with Crippen molar-refractivity contribution in [2.75, 3.05) is 13.2 Å². The Morgan fingerprint density at radius 1 is 1.10 bits per heavy atom. The molecule has 31 heavy (non-hydrogen) atoms. The van der Waals surface area contributed by atoms with Crippen molar-refractivity contribution in [1.29, 1.82) is 0 Å². The molecule has 3 unspecified atom stereocenters. The van der Waals surface area contributed by atoms with E-state index in [0.717, 1.165) is 4.90 Å². The largest absolute Gasteiger partial charge is 0.494 e. The third kappa shape index (κ3) is 7.25. The first-order valence-electron chi connectivity index (χ1n) is 9.73. The van der Waals surface area contributed by atoms with Gasteiger partial charge in [0.2, 0.25) is 0 Å². The fraction of sp³-hybridized carbons (Fsp3) is 0.524. The van der Waals surface area contributed by atoms with E-state index in [0.29, 0.717) is 12.4 Å². The van der Waals surface area contributed by atoms with E-state index in [-0.39, 0.29) is 6.61 Å². The van der Waals surface area contributed by atoms with Gasteiger partial charge in [0.05, 0.1) is 6.61 Å². The summed E-state index contributed by atoms with van der Waals surface area (Å²) in [5.74, 6) is -0.952. The van der Waals surface area contributed by atoms with Gasteiger partial charge in [-0.05, 0) is 31.8 Å². The molecule has 9 nitrogen and oxygen atoms in total. The van der Waals surface area contributed by atoms with E-state index >= 15 is 0 Å². The minimum Gasteiger partial charge on any atom is -0.494 e. The number of ether oxygens (including phenoxy) is 5. The highest BCUT2D eigenvalue weighted by Crippen LogP contribution is 2.38. The average molecular weight is 454 g/mol. The zero-order chi connectivity index (χ0) is 23.0. The molecule has 0 spiro atoms. The number of carbonyl (C=O) groups excluding carboxylic acids is 3. The van der Waals surface area contributed by atoms with Crippen molar-refractivity contribution >= 4 is 36.4 Å². The lowest BCUT2D eigenvalue weighted by atomic mass is 9.97. The highest BCUT2D eigenvalue weighted by molar-refractivity contribution is 7.99. The van der Waals surface area contributed by atoms with Crippen LogP contribution in [0.25, 0.3) is 0 Å². The van der Waals surface area contributed by atoms with Crippen molar-refractivity contribution in [3.8, 4) is 5.75 Å². The number of carbonyl (C=O) groups is 3. The molecule has 0 aliphatic carbocycles. The minimum absolute atomic E-state index is 0.165. The van der Waals surface area contributed by atoms with Crippen molar-refractivity contribution in [2.24, 2.45) is 4.99 Å². The normalized spacial score (nSPS) is 25.2. The van der Waals surface area contributed by atoms with Gasteiger partial charge in [-0.15, -0.1) is 0 Å². The molecule has 10 heteroatoms. The molecule has 1 aliphatic heterocycles. The Hall–Kier alpha value is -2.59. The van der Waals surface area contributed by atoms with Crippen LogP contribution in [0.15, 0.2) is 34.2 Å². The SMILES string of the molecule is C=NC1C(OC(C)=O)[C@@H](Sc2cccc(OCC)c2)OC(COC(C)=O)[C@@H]1OC(C)=O. The zero-order valence-corrected chi connectivity index (χ0v) is 18.8. The molecule has 2 rings (SSSR count). The quantitative estimate of drug-likeness (QED) is 0.316. The molecule has 0 bridgehead atoms. The van der Waals surface area contributed by atoms with Crippen LogP contribution >= 0.6 is 11.8 Å². The molecule has 0 aromatic heterocycles. The van der Waals surface area contributed by atoms with Gasteiger partial charge in [0, 0.05) is 25.7 Å². The Balaban J connectivity index is 2.36. The summed E-state index contributed by atoms with van der Waals surface area (Å²) in [5, 5.41) is 0. The summed E-state index contributed by atoms with van der Waals surface area (Å²) >= 11 is 1.28. The highest BCUT2D eigenvalue weighted by Gasteiger charge is 2.50. The van der Waals surface area contributed by atoms with E-state index in [1.54, 1.807) is 0 Å². The smallest absolute Gasteiger partial charge is 0.303 e. The summed E-state index contributed by atoms with van der Waals surface area (Å²) in [6.45, 7) is 9.59. The molecule has 170 valence electrons. The van der Waals surface area contributed by atoms with Crippen LogP contribution in [0.5, 0.6) is 5.75 Å². The lowest BCUT2D eigenvalue weighted by Gasteiger charge is -2.43. The van der Waals surface area contributed by atoms with Crippen molar-refractivity contribution in [2.45, 2.75) is 62.4 Å². The Kier molecular flexibility index (Phi) is 9.32. The lowest BCUT2D eigenvalue weighted by Crippen LogP contribution is -2.59. The number of aliphatic imine (C=N–C) groups is 1. The van der Waals surface area contributed by atoms with E-state index in [9.17, 15) is 14.4 Å². The van der Waals surface area contributed by atoms with Gasteiger partial charge < -0.3 is 23.7 Å². The first-order chi connectivity index (χ1) is 14.7. The number of hydrogen-bond donors (Lipinski definition) is 0. The Labute approximate surface area is 185 Å². The highest BCUT2D eigenvalue weighted by atomic mass is 32.2. The van der Waals surface area contributed by atoms with Crippen LogP contribution in [0.1, 0.15) is 27.7 Å². The van der Waals surface area contributed by atoms with Crippen molar-refractivity contribution in [3.63, 3.8) is 0 Å². The Morgan fingerprint density at radius 2 is 1.77 bits per heavy atom. The molecule has 1 saturated heterocycles. The molecule has 0 saturated carbocycles. The van der Waals surface area contributed by atoms with Gasteiger partial charge in [-0.3, -0.25) is 19.4 Å². The maximum absolute atomic E-state index is 11.8. The summed E-state index contributed by atoms with van der Waals surface area (Å²) in [4.78, 5) is 39.7. The number of benzene rings is 1. The second-order valence-corrected chi connectivity index (χ2v) is 7.86. The van der Waals surface area contributed by atoms with Crippen molar-refractivity contribution in [3.05, 3.63) is 24.3 Å². The maximum Gasteiger partial charge on any atom is 0.303 e. The van der Waals surface area contributed by atoms with Crippen LogP contribution in [0, 0.1) is 0 Å². The average Bonchev–Trinajstić information content (AvgIpc) is 2.68. The summed E-state index contributed by atoms with van der Waals surface area (Å²) in [7, 11) is 0. The molecule has 0 N–H and O–H groups in total. The van der Waals surface area contributed by atoms with E-state index in [4.69, 9.17) is 23.7 Å². The predicted molar refractivity (Wildman–Crippen MR) is 113 cm³/mol. The van der Waals surface area contributed by atoms with Crippen LogP contribution < -0.4 is 4.74 Å². The lowest BCUT2D eigenvalue weighted by molar-refractivity contribution is -0.200. The molecule has 1 fully saturated rings. The molecule has 1 heterocycles. The van der Waals surface area contributed by atoms with Gasteiger partial charge >= 0.3 is 17.9 Å². The molecule has 0 radical (unpaired) electrons. The molecular weight excluding hydrogens is 426 g/mol. The van der Waals surface area contributed by atoms with Crippen LogP contribution in [0.2, 0.25) is 0 Å². The second kappa shape index (κ2) is 11.7. The molecule has 0 amide bonds. The second-order valence-electron chi connectivity index (χ2n) is 6.69. The molecule has 1 aromatic carbocycles. The molecule has 1 aliphatic rings. The molecule has 5 atom stereocenters. The van der Waals surface area contributed by atoms with Gasteiger partial charge in [0.1, 0.15) is 29.9 Å². The number of nitrogens with zero attached hydrogens (tertiary/aromatic N) is 1. The van der Waals surface area contributed by atoms with E-state index in [1.165, 1.54) is 32.5 Å². The number of rotatable bonds is 9. The summed E-state index contributed by atoms with van der Waals surface area (Å²) in [6.07, 6.45) is -2.68. The van der Waals surface area contributed by atoms with Crippen molar-refractivity contribution in [1.82, 2.24) is 0 Å². The van der Waals surface area contributed by atoms with Crippen molar-refractivity contribution < 1.29 is 38.1 Å². The topological polar surface area (TPSA) is 110 Å².